The van der Waals surface area contributed by atoms with Gasteiger partial charge in [-0.15, -0.1) is 0 Å². The number of hydrogen-bond acceptors (Lipinski definition) is 12. The predicted octanol–water partition coefficient (Wildman–Crippen LogP) is 3.79. The van der Waals surface area contributed by atoms with Gasteiger partial charge in [0.2, 0.25) is 6.29 Å². The minimum absolute atomic E-state index is 0.213. The maximum Gasteiger partial charge on any atom is 0.544 e. The summed E-state index contributed by atoms with van der Waals surface area (Å²) in [5.41, 5.74) is -1.38. The van der Waals surface area contributed by atoms with Crippen molar-refractivity contribution in [3.63, 3.8) is 0 Å². The van der Waals surface area contributed by atoms with Crippen molar-refractivity contribution in [1.82, 2.24) is 4.90 Å². The Morgan fingerprint density at radius 2 is 1.30 bits per heavy atom. The highest BCUT2D eigenvalue weighted by Gasteiger charge is 2.56. The Morgan fingerprint density at radius 1 is 0.775 bits per heavy atom. The number of esters is 1. The van der Waals surface area contributed by atoms with Crippen LogP contribution in [0.1, 0.15) is 68.2 Å². The molecule has 4 atom stereocenters. The van der Waals surface area contributed by atoms with E-state index in [2.05, 4.69) is 6.58 Å². The fraction of sp³-hybridized carbons (Fsp3) is 0.840. The first kappa shape index (κ1) is 38.6. The van der Waals surface area contributed by atoms with Crippen LogP contribution in [-0.4, -0.2) is 106 Å². The topological polar surface area (TPSA) is 130 Å². The Kier molecular flexibility index (Phi) is 19.0. The van der Waals surface area contributed by atoms with Crippen molar-refractivity contribution in [2.45, 2.75) is 92.2 Å². The zero-order valence-electron chi connectivity index (χ0n) is 26.1. The summed E-state index contributed by atoms with van der Waals surface area (Å²) < 4.78 is 57.9. The number of ether oxygens (including phenoxy) is 4. The number of methoxy groups -OCH3 is 1. The van der Waals surface area contributed by atoms with Crippen LogP contribution in [-0.2, 0) is 50.3 Å². The molecule has 0 saturated heterocycles. The van der Waals surface area contributed by atoms with Crippen LogP contribution >= 0.6 is 0 Å². The van der Waals surface area contributed by atoms with Crippen LogP contribution in [0.4, 0.5) is 4.79 Å². The van der Waals surface area contributed by atoms with Gasteiger partial charge in [0, 0.05) is 46.7 Å². The molecule has 0 spiro atoms. The van der Waals surface area contributed by atoms with Crippen LogP contribution in [0.5, 0.6) is 0 Å². The maximum atomic E-state index is 13.7. The Balaban J connectivity index is 6.57. The molecule has 0 radical (unpaired) electrons. The molecule has 40 heavy (non-hydrogen) atoms. The fourth-order valence-electron chi connectivity index (χ4n) is 3.86. The lowest BCUT2D eigenvalue weighted by atomic mass is 10.4. The molecule has 0 rings (SSSR count). The first-order chi connectivity index (χ1) is 18.9. The average molecular weight is 614 g/mol. The molecule has 0 aliphatic carbocycles. The maximum absolute atomic E-state index is 13.7. The summed E-state index contributed by atoms with van der Waals surface area (Å²) in [5, 5.41) is 0. The van der Waals surface area contributed by atoms with Crippen LogP contribution in [0, 0.1) is 0 Å². The standard InChI is InChI=1S/C25H51NO12Si2/c1-13-22(39(32-15-3,33-16-4)34-17-5)26(25(28)37-21(9)36-20(8)29-10)18-35-40(30-11,31-12)23(14-2)38-24(27)19(6)7/h20-23H,6,13-18H2,1-5,7-12H3. The monoisotopic (exact) mass is 613 g/mol. The number of carbonyl (C=O) groups is 2. The molecule has 15 heteroatoms. The van der Waals surface area contributed by atoms with Crippen LogP contribution in [0.3, 0.4) is 0 Å². The van der Waals surface area contributed by atoms with Gasteiger partial charge in [-0.25, -0.2) is 9.59 Å². The van der Waals surface area contributed by atoms with Crippen molar-refractivity contribution in [2.24, 2.45) is 0 Å². The molecule has 4 unspecified atom stereocenters. The Morgan fingerprint density at radius 3 is 1.68 bits per heavy atom. The van der Waals surface area contributed by atoms with Crippen molar-refractivity contribution in [3.05, 3.63) is 12.2 Å². The van der Waals surface area contributed by atoms with E-state index < -0.39 is 53.6 Å². The van der Waals surface area contributed by atoms with E-state index in [0.717, 1.165) is 0 Å². The Hall–Kier alpha value is -1.41. The highest BCUT2D eigenvalue weighted by Crippen LogP contribution is 2.27. The van der Waals surface area contributed by atoms with Gasteiger partial charge in [0.15, 0.2) is 12.0 Å². The first-order valence-electron chi connectivity index (χ1n) is 13.6. The lowest BCUT2D eigenvalue weighted by Crippen LogP contribution is -2.66. The van der Waals surface area contributed by atoms with Gasteiger partial charge in [0.1, 0.15) is 12.4 Å². The number of rotatable bonds is 22. The number of carbonyl (C=O) groups excluding carboxylic acids is 2. The summed E-state index contributed by atoms with van der Waals surface area (Å²) in [5.74, 6) is -0.613. The molecule has 0 aliphatic rings. The Bertz CT molecular complexity index is 738. The number of hydrogen-bond donors (Lipinski definition) is 0. The van der Waals surface area contributed by atoms with Gasteiger partial charge in [-0.2, -0.15) is 0 Å². The third-order valence-electron chi connectivity index (χ3n) is 5.76. The highest BCUT2D eigenvalue weighted by atomic mass is 28.4. The smallest absolute Gasteiger partial charge is 0.454 e. The summed E-state index contributed by atoms with van der Waals surface area (Å²) in [6.07, 6.45) is -1.65. The summed E-state index contributed by atoms with van der Waals surface area (Å²) in [4.78, 5) is 27.3. The first-order valence-corrected chi connectivity index (χ1v) is 17.2. The van der Waals surface area contributed by atoms with Gasteiger partial charge in [-0.1, -0.05) is 20.4 Å². The summed E-state index contributed by atoms with van der Waals surface area (Å²) in [7, 11) is -2.97. The minimum Gasteiger partial charge on any atom is -0.454 e. The quantitative estimate of drug-likeness (QED) is 0.0762. The molecule has 0 aliphatic heterocycles. The molecule has 0 heterocycles. The molecular weight excluding hydrogens is 562 g/mol. The van der Waals surface area contributed by atoms with E-state index >= 15 is 0 Å². The minimum atomic E-state index is -3.73. The van der Waals surface area contributed by atoms with E-state index in [1.807, 2.05) is 27.7 Å². The van der Waals surface area contributed by atoms with Crippen LogP contribution in [0.15, 0.2) is 12.2 Å². The molecule has 13 nitrogen and oxygen atoms in total. The van der Waals surface area contributed by atoms with Crippen LogP contribution in [0.2, 0.25) is 0 Å². The molecule has 0 aromatic heterocycles. The zero-order chi connectivity index (χ0) is 30.9. The molecule has 0 fully saturated rings. The van der Waals surface area contributed by atoms with Crippen molar-refractivity contribution in [3.8, 4) is 0 Å². The van der Waals surface area contributed by atoms with Crippen molar-refractivity contribution >= 4 is 29.7 Å². The fourth-order valence-corrected chi connectivity index (χ4v) is 9.14. The normalized spacial score (nSPS) is 15.2. The molecule has 0 aromatic rings. The molecule has 236 valence electrons. The zero-order valence-corrected chi connectivity index (χ0v) is 28.1. The molecule has 1 amide bonds. The highest BCUT2D eigenvalue weighted by molar-refractivity contribution is 6.63. The van der Waals surface area contributed by atoms with Crippen molar-refractivity contribution in [2.75, 3.05) is 47.9 Å². The van der Waals surface area contributed by atoms with Crippen molar-refractivity contribution < 1.29 is 55.1 Å². The second-order valence-electron chi connectivity index (χ2n) is 8.55. The van der Waals surface area contributed by atoms with Gasteiger partial charge >= 0.3 is 29.7 Å². The van der Waals surface area contributed by atoms with Gasteiger partial charge < -0.3 is 45.5 Å². The lowest BCUT2D eigenvalue weighted by Gasteiger charge is -2.42. The summed E-state index contributed by atoms with van der Waals surface area (Å²) in [6, 6.07) is 0. The molecule has 0 saturated carbocycles. The number of nitrogens with zero attached hydrogens (tertiary/aromatic N) is 1. The summed E-state index contributed by atoms with van der Waals surface area (Å²) in [6.45, 7) is 18.1. The van der Waals surface area contributed by atoms with Gasteiger partial charge in [0.25, 0.3) is 0 Å². The van der Waals surface area contributed by atoms with E-state index in [1.54, 1.807) is 20.8 Å². The number of amides is 1. The summed E-state index contributed by atoms with van der Waals surface area (Å²) >= 11 is 0. The van der Waals surface area contributed by atoms with E-state index in [-0.39, 0.29) is 12.3 Å². The lowest BCUT2D eigenvalue weighted by molar-refractivity contribution is -0.206. The van der Waals surface area contributed by atoms with E-state index in [1.165, 1.54) is 33.2 Å². The predicted molar refractivity (Wildman–Crippen MR) is 151 cm³/mol. The molecule has 0 N–H and O–H groups in total. The second kappa shape index (κ2) is 19.7. The van der Waals surface area contributed by atoms with E-state index in [0.29, 0.717) is 32.7 Å². The second-order valence-corrected chi connectivity index (χ2v) is 14.3. The largest absolute Gasteiger partial charge is 0.544 e. The van der Waals surface area contributed by atoms with E-state index in [4.69, 9.17) is 45.5 Å². The van der Waals surface area contributed by atoms with Crippen LogP contribution < -0.4 is 0 Å². The van der Waals surface area contributed by atoms with Crippen LogP contribution in [0.25, 0.3) is 0 Å². The van der Waals surface area contributed by atoms with Crippen molar-refractivity contribution in [1.29, 1.82) is 0 Å². The SMILES string of the molecule is C=C(C)C(=O)OC(CC)[Si](OC)(OC)OCN(C(=O)OC(C)OC(C)OC)C(CC)[Si](OCC)(OCC)OCC. The van der Waals surface area contributed by atoms with Gasteiger partial charge in [-0.3, -0.25) is 4.90 Å². The van der Waals surface area contributed by atoms with E-state index in [9.17, 15) is 9.59 Å². The third-order valence-corrected chi connectivity index (χ3v) is 12.4. The van der Waals surface area contributed by atoms with Gasteiger partial charge in [0.05, 0.1) is 0 Å². The average Bonchev–Trinajstić information content (AvgIpc) is 2.91. The Labute approximate surface area is 242 Å². The molecule has 0 aromatic carbocycles. The van der Waals surface area contributed by atoms with Gasteiger partial charge in [-0.05, 0) is 54.4 Å². The molecular formula is C25H51NO12Si2. The molecule has 0 bridgehead atoms. The third kappa shape index (κ3) is 11.1.